The number of pyridine rings is 1. The average molecular weight is 439 g/mol. The smallest absolute Gasteiger partial charge is 0.365 e. The SMILES string of the molecule is O=C(c1ccccc1-c1cccnn1)N1CC2CC(Nc3ccc(C(F)(F)F)cn3)C1C2. The van der Waals surface area contributed by atoms with Crippen molar-refractivity contribution in [2.24, 2.45) is 5.92 Å². The number of fused-ring (bicyclic) bond motifs is 2. The Hall–Kier alpha value is -3.49. The molecule has 6 nitrogen and oxygen atoms in total. The minimum Gasteiger partial charge on any atom is -0.365 e. The highest BCUT2D eigenvalue weighted by molar-refractivity contribution is 6.00. The number of hydrogen-bond donors (Lipinski definition) is 1. The standard InChI is InChI=1S/C23H20F3N5O/c24-23(25,26)15-7-8-21(27-12-15)29-19-10-14-11-20(19)31(13-14)22(32)17-5-2-1-4-16(17)18-6-3-9-28-30-18/h1-9,12,14,19-20H,10-11,13H2,(H,27,29). The Balaban J connectivity index is 1.35. The Bertz CT molecular complexity index is 1120. The topological polar surface area (TPSA) is 71.0 Å². The molecule has 5 rings (SSSR count). The van der Waals surface area contributed by atoms with E-state index in [0.717, 1.165) is 30.7 Å². The maximum Gasteiger partial charge on any atom is 0.417 e. The van der Waals surface area contributed by atoms with Crippen LogP contribution in [-0.4, -0.2) is 44.6 Å². The summed E-state index contributed by atoms with van der Waals surface area (Å²) >= 11 is 0. The fraction of sp³-hybridized carbons (Fsp3) is 0.304. The number of aromatic nitrogens is 3. The molecule has 1 aliphatic heterocycles. The molecule has 3 aromatic rings. The number of hydrogen-bond acceptors (Lipinski definition) is 5. The van der Waals surface area contributed by atoms with E-state index in [1.54, 1.807) is 18.3 Å². The zero-order valence-corrected chi connectivity index (χ0v) is 17.0. The molecule has 1 saturated carbocycles. The molecule has 164 valence electrons. The van der Waals surface area contributed by atoms with Crippen LogP contribution >= 0.6 is 0 Å². The van der Waals surface area contributed by atoms with Crippen molar-refractivity contribution in [1.29, 1.82) is 0 Å². The summed E-state index contributed by atoms with van der Waals surface area (Å²) in [5.74, 6) is 0.646. The van der Waals surface area contributed by atoms with Crippen molar-refractivity contribution >= 4 is 11.7 Å². The number of nitrogens with one attached hydrogen (secondary N) is 1. The molecular formula is C23H20F3N5O. The lowest BCUT2D eigenvalue weighted by atomic mass is 10.0. The van der Waals surface area contributed by atoms with Gasteiger partial charge in [0.25, 0.3) is 5.91 Å². The van der Waals surface area contributed by atoms with Crippen LogP contribution in [0, 0.1) is 5.92 Å². The van der Waals surface area contributed by atoms with Crippen LogP contribution in [0.2, 0.25) is 0 Å². The zero-order chi connectivity index (χ0) is 22.3. The molecule has 2 bridgehead atoms. The number of rotatable bonds is 4. The van der Waals surface area contributed by atoms with E-state index in [4.69, 9.17) is 0 Å². The molecule has 32 heavy (non-hydrogen) atoms. The van der Waals surface area contributed by atoms with Crippen LogP contribution in [0.15, 0.2) is 60.9 Å². The summed E-state index contributed by atoms with van der Waals surface area (Å²) in [6.45, 7) is 0.664. The van der Waals surface area contributed by atoms with Gasteiger partial charge in [-0.15, -0.1) is 0 Å². The van der Waals surface area contributed by atoms with Gasteiger partial charge in [0.1, 0.15) is 5.82 Å². The van der Waals surface area contributed by atoms with Crippen LogP contribution in [0.5, 0.6) is 0 Å². The number of alkyl halides is 3. The molecule has 3 atom stereocenters. The first-order valence-electron chi connectivity index (χ1n) is 10.4. The predicted molar refractivity (Wildman–Crippen MR) is 112 cm³/mol. The van der Waals surface area contributed by atoms with Gasteiger partial charge in [-0.3, -0.25) is 4.79 Å². The van der Waals surface area contributed by atoms with Crippen molar-refractivity contribution < 1.29 is 18.0 Å². The number of anilines is 1. The van der Waals surface area contributed by atoms with Gasteiger partial charge in [0.15, 0.2) is 0 Å². The Morgan fingerprint density at radius 2 is 1.91 bits per heavy atom. The lowest BCUT2D eigenvalue weighted by Gasteiger charge is -2.34. The van der Waals surface area contributed by atoms with Crippen LogP contribution in [-0.2, 0) is 6.18 Å². The van der Waals surface area contributed by atoms with Crippen LogP contribution in [0.4, 0.5) is 19.0 Å². The summed E-state index contributed by atoms with van der Waals surface area (Å²) in [4.78, 5) is 19.3. The summed E-state index contributed by atoms with van der Waals surface area (Å²) in [5.41, 5.74) is 1.13. The third-order valence-corrected chi connectivity index (χ3v) is 6.17. The highest BCUT2D eigenvalue weighted by Crippen LogP contribution is 2.40. The molecule has 1 aromatic carbocycles. The highest BCUT2D eigenvalue weighted by Gasteiger charge is 2.47. The lowest BCUT2D eigenvalue weighted by molar-refractivity contribution is -0.137. The third-order valence-electron chi connectivity index (χ3n) is 6.17. The molecule has 1 amide bonds. The van der Waals surface area contributed by atoms with Gasteiger partial charge < -0.3 is 10.2 Å². The number of amides is 1. The second-order valence-corrected chi connectivity index (χ2v) is 8.20. The summed E-state index contributed by atoms with van der Waals surface area (Å²) in [6, 6.07) is 13.2. The van der Waals surface area contributed by atoms with Gasteiger partial charge in [-0.25, -0.2) is 4.98 Å². The van der Waals surface area contributed by atoms with E-state index in [1.165, 1.54) is 6.07 Å². The first-order valence-corrected chi connectivity index (χ1v) is 10.4. The maximum absolute atomic E-state index is 13.5. The lowest BCUT2D eigenvalue weighted by Crippen LogP contribution is -2.47. The monoisotopic (exact) mass is 439 g/mol. The molecule has 2 aromatic heterocycles. The fourth-order valence-electron chi connectivity index (χ4n) is 4.74. The number of carbonyl (C=O) groups is 1. The van der Waals surface area contributed by atoms with Gasteiger partial charge >= 0.3 is 6.18 Å². The second kappa shape index (κ2) is 7.89. The van der Waals surface area contributed by atoms with Gasteiger partial charge in [-0.05, 0) is 49.1 Å². The number of halogens is 3. The Morgan fingerprint density at radius 1 is 1.06 bits per heavy atom. The minimum atomic E-state index is -4.42. The molecule has 2 fully saturated rings. The number of likely N-dealkylation sites (tertiary alicyclic amines) is 1. The molecule has 9 heteroatoms. The van der Waals surface area contributed by atoms with Crippen LogP contribution < -0.4 is 5.32 Å². The van der Waals surface area contributed by atoms with E-state index in [2.05, 4.69) is 20.5 Å². The molecular weight excluding hydrogens is 419 g/mol. The van der Waals surface area contributed by atoms with Crippen molar-refractivity contribution in [3.63, 3.8) is 0 Å². The van der Waals surface area contributed by atoms with E-state index in [9.17, 15) is 18.0 Å². The average Bonchev–Trinajstić information content (AvgIpc) is 3.40. The van der Waals surface area contributed by atoms with Crippen molar-refractivity contribution in [1.82, 2.24) is 20.1 Å². The summed E-state index contributed by atoms with van der Waals surface area (Å²) < 4.78 is 38.4. The molecule has 1 aliphatic carbocycles. The minimum absolute atomic E-state index is 0.0495. The van der Waals surface area contributed by atoms with Crippen molar-refractivity contribution in [3.05, 3.63) is 72.1 Å². The zero-order valence-electron chi connectivity index (χ0n) is 17.0. The molecule has 1 saturated heterocycles. The van der Waals surface area contributed by atoms with Gasteiger partial charge in [-0.1, -0.05) is 18.2 Å². The molecule has 0 radical (unpaired) electrons. The van der Waals surface area contributed by atoms with Gasteiger partial charge in [-0.2, -0.15) is 23.4 Å². The normalized spacial score (nSPS) is 22.2. The Morgan fingerprint density at radius 3 is 2.59 bits per heavy atom. The quantitative estimate of drug-likeness (QED) is 0.657. The first kappa shape index (κ1) is 20.4. The molecule has 3 unspecified atom stereocenters. The van der Waals surface area contributed by atoms with Crippen LogP contribution in [0.1, 0.15) is 28.8 Å². The van der Waals surface area contributed by atoms with E-state index >= 15 is 0 Å². The Labute approximate surface area is 182 Å². The van der Waals surface area contributed by atoms with E-state index < -0.39 is 11.7 Å². The summed E-state index contributed by atoms with van der Waals surface area (Å²) in [5, 5.41) is 11.3. The van der Waals surface area contributed by atoms with Crippen LogP contribution in [0.25, 0.3) is 11.3 Å². The second-order valence-electron chi connectivity index (χ2n) is 8.20. The molecule has 2 aliphatic rings. The van der Waals surface area contributed by atoms with E-state index in [-0.39, 0.29) is 18.0 Å². The van der Waals surface area contributed by atoms with Crippen LogP contribution in [0.3, 0.4) is 0 Å². The fourth-order valence-corrected chi connectivity index (χ4v) is 4.74. The Kier molecular flexibility index (Phi) is 5.03. The van der Waals surface area contributed by atoms with Gasteiger partial charge in [0.05, 0.1) is 17.3 Å². The summed E-state index contributed by atoms with van der Waals surface area (Å²) in [6.07, 6.45) is -0.299. The van der Waals surface area contributed by atoms with Gasteiger partial charge in [0.2, 0.25) is 0 Å². The number of nitrogens with zero attached hydrogens (tertiary/aromatic N) is 4. The first-order chi connectivity index (χ1) is 15.4. The number of piperidine rings is 1. The molecule has 3 heterocycles. The van der Waals surface area contributed by atoms with Crippen molar-refractivity contribution in [3.8, 4) is 11.3 Å². The van der Waals surface area contributed by atoms with Crippen molar-refractivity contribution in [2.45, 2.75) is 31.1 Å². The maximum atomic E-state index is 13.5. The predicted octanol–water partition coefficient (Wildman–Crippen LogP) is 4.27. The van der Waals surface area contributed by atoms with E-state index in [1.807, 2.05) is 29.2 Å². The molecule has 0 spiro atoms. The molecule has 1 N–H and O–H groups in total. The van der Waals surface area contributed by atoms with Crippen molar-refractivity contribution in [2.75, 3.05) is 11.9 Å². The largest absolute Gasteiger partial charge is 0.417 e. The highest BCUT2D eigenvalue weighted by atomic mass is 19.4. The number of benzene rings is 1. The van der Waals surface area contributed by atoms with Gasteiger partial charge in [0, 0.05) is 36.1 Å². The van der Waals surface area contributed by atoms with E-state index in [0.29, 0.717) is 29.5 Å². The summed E-state index contributed by atoms with van der Waals surface area (Å²) in [7, 11) is 0. The third kappa shape index (κ3) is 3.79. The number of carbonyl (C=O) groups excluding carboxylic acids is 1.